The summed E-state index contributed by atoms with van der Waals surface area (Å²) in [5, 5.41) is 3.38. The van der Waals surface area contributed by atoms with Crippen molar-refractivity contribution in [1.29, 1.82) is 0 Å². The number of aryl methyl sites for hydroxylation is 1. The number of aromatic nitrogens is 1. The van der Waals surface area contributed by atoms with E-state index in [0.29, 0.717) is 16.1 Å². The van der Waals surface area contributed by atoms with Crippen molar-refractivity contribution < 1.29 is 14.3 Å². The average Bonchev–Trinajstić information content (AvgIpc) is 3.42. The average molecular weight is 417 g/mol. The van der Waals surface area contributed by atoms with Crippen molar-refractivity contribution in [2.45, 2.75) is 6.92 Å². The zero-order valence-electron chi connectivity index (χ0n) is 16.6. The molecule has 0 spiro atoms. The van der Waals surface area contributed by atoms with E-state index in [1.165, 1.54) is 18.4 Å². The molecule has 0 aliphatic heterocycles. The molecule has 2 aromatic carbocycles. The minimum absolute atomic E-state index is 0.278. The fraction of sp³-hybridized carbons (Fsp3) is 0.0833. The maximum absolute atomic E-state index is 12.9. The van der Waals surface area contributed by atoms with Crippen molar-refractivity contribution >= 4 is 28.2 Å². The van der Waals surface area contributed by atoms with Crippen LogP contribution in [0, 0.1) is 6.92 Å². The molecule has 6 heteroatoms. The third-order valence-corrected chi connectivity index (χ3v) is 5.82. The highest BCUT2D eigenvalue weighted by Crippen LogP contribution is 2.40. The van der Waals surface area contributed by atoms with Gasteiger partial charge >= 0.3 is 5.97 Å². The number of thiophene rings is 1. The molecule has 5 nitrogen and oxygen atoms in total. The summed E-state index contributed by atoms with van der Waals surface area (Å²) < 4.78 is 6.97. The number of hydrogen-bond donors (Lipinski definition) is 1. The first kappa shape index (κ1) is 19.7. The van der Waals surface area contributed by atoms with Gasteiger partial charge in [-0.15, -0.1) is 11.3 Å². The molecule has 0 saturated carbocycles. The Balaban J connectivity index is 1.66. The maximum Gasteiger partial charge on any atom is 0.341 e. The van der Waals surface area contributed by atoms with Crippen LogP contribution in [0.15, 0.2) is 79.1 Å². The van der Waals surface area contributed by atoms with Crippen molar-refractivity contribution in [3.8, 4) is 16.8 Å². The smallest absolute Gasteiger partial charge is 0.341 e. The number of rotatable bonds is 5. The second kappa shape index (κ2) is 8.39. The van der Waals surface area contributed by atoms with Crippen LogP contribution in [0.3, 0.4) is 0 Å². The van der Waals surface area contributed by atoms with Crippen LogP contribution in [0.2, 0.25) is 0 Å². The van der Waals surface area contributed by atoms with E-state index in [1.54, 1.807) is 12.1 Å². The number of carbonyl (C=O) groups excluding carboxylic acids is 2. The van der Waals surface area contributed by atoms with E-state index in [9.17, 15) is 9.59 Å². The molecule has 150 valence electrons. The lowest BCUT2D eigenvalue weighted by Gasteiger charge is -2.09. The number of benzene rings is 2. The third-order valence-electron chi connectivity index (χ3n) is 4.80. The van der Waals surface area contributed by atoms with Gasteiger partial charge in [0.25, 0.3) is 5.91 Å². The molecule has 1 N–H and O–H groups in total. The van der Waals surface area contributed by atoms with E-state index >= 15 is 0 Å². The number of nitrogens with zero attached hydrogens (tertiary/aromatic N) is 1. The Morgan fingerprint density at radius 1 is 0.933 bits per heavy atom. The highest BCUT2D eigenvalue weighted by Gasteiger charge is 2.25. The number of nitrogens with one attached hydrogen (secondary N) is 1. The third kappa shape index (κ3) is 3.77. The van der Waals surface area contributed by atoms with E-state index in [1.807, 2.05) is 78.5 Å². The van der Waals surface area contributed by atoms with Crippen LogP contribution in [0.5, 0.6) is 0 Å². The summed E-state index contributed by atoms with van der Waals surface area (Å²) in [4.78, 5) is 26.4. The minimum atomic E-state index is -0.476. The van der Waals surface area contributed by atoms with Crippen LogP contribution < -0.4 is 5.32 Å². The van der Waals surface area contributed by atoms with Gasteiger partial charge in [0, 0.05) is 34.1 Å². The van der Waals surface area contributed by atoms with Gasteiger partial charge in [0.05, 0.1) is 7.11 Å². The lowest BCUT2D eigenvalue weighted by atomic mass is 10.0. The highest BCUT2D eigenvalue weighted by atomic mass is 32.1. The Labute approximate surface area is 178 Å². The standard InChI is InChI=1S/C24H20N2O3S/c1-16-20(17-8-4-3-5-9-17)21(24(28)29-2)23(30-16)25-22(27)18-10-12-19(13-11-18)26-14-6-7-15-26/h3-15H,1-2H3,(H,25,27). The zero-order chi connectivity index (χ0) is 21.1. The largest absolute Gasteiger partial charge is 0.465 e. The summed E-state index contributed by atoms with van der Waals surface area (Å²) in [5.74, 6) is -0.753. The molecule has 0 unspecified atom stereocenters. The molecule has 0 fully saturated rings. The first-order chi connectivity index (χ1) is 14.6. The molecule has 0 saturated heterocycles. The molecule has 1 amide bonds. The van der Waals surface area contributed by atoms with Crippen molar-refractivity contribution in [3.63, 3.8) is 0 Å². The van der Waals surface area contributed by atoms with Crippen molar-refractivity contribution in [1.82, 2.24) is 4.57 Å². The van der Waals surface area contributed by atoms with Gasteiger partial charge in [-0.05, 0) is 48.9 Å². The number of esters is 1. The molecule has 4 rings (SSSR count). The predicted octanol–water partition coefficient (Wildman–Crippen LogP) is 5.55. The second-order valence-corrected chi connectivity index (χ2v) is 7.91. The number of methoxy groups -OCH3 is 1. The van der Waals surface area contributed by atoms with Gasteiger partial charge in [-0.2, -0.15) is 0 Å². The second-order valence-electron chi connectivity index (χ2n) is 6.69. The van der Waals surface area contributed by atoms with Gasteiger partial charge in [-0.25, -0.2) is 4.79 Å². The molecule has 0 atom stereocenters. The van der Waals surface area contributed by atoms with Gasteiger partial charge in [-0.1, -0.05) is 30.3 Å². The maximum atomic E-state index is 12.9. The summed E-state index contributed by atoms with van der Waals surface area (Å²) in [5.41, 5.74) is 3.54. The van der Waals surface area contributed by atoms with Crippen LogP contribution in [0.25, 0.3) is 16.8 Å². The van der Waals surface area contributed by atoms with E-state index in [-0.39, 0.29) is 5.91 Å². The van der Waals surface area contributed by atoms with Gasteiger partial charge in [-0.3, -0.25) is 4.79 Å². The topological polar surface area (TPSA) is 60.3 Å². The summed E-state index contributed by atoms with van der Waals surface area (Å²) in [6, 6.07) is 20.8. The Hall–Kier alpha value is -3.64. The Kier molecular flexibility index (Phi) is 5.50. The molecule has 0 bridgehead atoms. The van der Waals surface area contributed by atoms with Crippen LogP contribution >= 0.6 is 11.3 Å². The van der Waals surface area contributed by atoms with Crippen LogP contribution in [-0.4, -0.2) is 23.6 Å². The van der Waals surface area contributed by atoms with Crippen LogP contribution in [-0.2, 0) is 4.74 Å². The van der Waals surface area contributed by atoms with Crippen molar-refractivity contribution in [2.24, 2.45) is 0 Å². The van der Waals surface area contributed by atoms with E-state index in [0.717, 1.165) is 21.7 Å². The number of carbonyl (C=O) groups is 2. The highest BCUT2D eigenvalue weighted by molar-refractivity contribution is 7.17. The quantitative estimate of drug-likeness (QED) is 0.434. The van der Waals surface area contributed by atoms with E-state index in [2.05, 4.69) is 5.32 Å². The summed E-state index contributed by atoms with van der Waals surface area (Å²) >= 11 is 1.37. The van der Waals surface area contributed by atoms with Gasteiger partial charge < -0.3 is 14.6 Å². The minimum Gasteiger partial charge on any atom is -0.465 e. The van der Waals surface area contributed by atoms with Gasteiger partial charge in [0.15, 0.2) is 0 Å². The summed E-state index contributed by atoms with van der Waals surface area (Å²) in [6.07, 6.45) is 3.88. The van der Waals surface area contributed by atoms with E-state index < -0.39 is 5.97 Å². The Morgan fingerprint density at radius 3 is 2.23 bits per heavy atom. The number of ether oxygens (including phenoxy) is 1. The Morgan fingerprint density at radius 2 is 1.60 bits per heavy atom. The monoisotopic (exact) mass is 416 g/mol. The van der Waals surface area contributed by atoms with Crippen LogP contribution in [0.1, 0.15) is 25.6 Å². The molecule has 0 radical (unpaired) electrons. The fourth-order valence-electron chi connectivity index (χ4n) is 3.35. The zero-order valence-corrected chi connectivity index (χ0v) is 17.4. The first-order valence-electron chi connectivity index (χ1n) is 9.40. The van der Waals surface area contributed by atoms with Gasteiger partial charge in [0.1, 0.15) is 10.6 Å². The molecule has 2 heterocycles. The fourth-order valence-corrected chi connectivity index (χ4v) is 4.41. The van der Waals surface area contributed by atoms with Gasteiger partial charge in [0.2, 0.25) is 0 Å². The molecule has 4 aromatic rings. The summed E-state index contributed by atoms with van der Waals surface area (Å²) in [6.45, 7) is 1.93. The lowest BCUT2D eigenvalue weighted by molar-refractivity contribution is 0.0603. The number of amides is 1. The summed E-state index contributed by atoms with van der Waals surface area (Å²) in [7, 11) is 1.34. The SMILES string of the molecule is COC(=O)c1c(NC(=O)c2ccc(-n3cccc3)cc2)sc(C)c1-c1ccccc1. The molecule has 0 aliphatic carbocycles. The van der Waals surface area contributed by atoms with E-state index in [4.69, 9.17) is 4.74 Å². The normalized spacial score (nSPS) is 10.6. The first-order valence-corrected chi connectivity index (χ1v) is 10.2. The predicted molar refractivity (Wildman–Crippen MR) is 120 cm³/mol. The van der Waals surface area contributed by atoms with Crippen LogP contribution in [0.4, 0.5) is 5.00 Å². The molecular formula is C24H20N2O3S. The molecule has 2 aromatic heterocycles. The molecule has 30 heavy (non-hydrogen) atoms. The Bertz CT molecular complexity index is 1180. The van der Waals surface area contributed by atoms with Crippen molar-refractivity contribution in [2.75, 3.05) is 12.4 Å². The molecular weight excluding hydrogens is 396 g/mol. The number of hydrogen-bond acceptors (Lipinski definition) is 4. The molecule has 0 aliphatic rings. The van der Waals surface area contributed by atoms with Crippen molar-refractivity contribution in [3.05, 3.63) is 95.1 Å². The number of anilines is 1. The lowest BCUT2D eigenvalue weighted by Crippen LogP contribution is -2.14.